The maximum Gasteiger partial charge on any atom is 0.144 e. The molecule has 1 aromatic rings. The lowest BCUT2D eigenvalue weighted by atomic mass is 10.1. The fourth-order valence-corrected chi connectivity index (χ4v) is 1.71. The number of anilines is 1. The number of benzene rings is 1. The van der Waals surface area contributed by atoms with Crippen molar-refractivity contribution in [3.63, 3.8) is 0 Å². The van der Waals surface area contributed by atoms with E-state index < -0.39 is 0 Å². The number of hydrogen-bond donors (Lipinski definition) is 0. The Bertz CT molecular complexity index is 368. The molecule has 1 heterocycles. The van der Waals surface area contributed by atoms with Crippen LogP contribution in [0.2, 0.25) is 0 Å². The summed E-state index contributed by atoms with van der Waals surface area (Å²) in [5, 5.41) is 0. The van der Waals surface area contributed by atoms with Gasteiger partial charge in [-0.25, -0.2) is 0 Å². The lowest BCUT2D eigenvalue weighted by Crippen LogP contribution is -2.10. The third-order valence-corrected chi connectivity index (χ3v) is 2.42. The van der Waals surface area contributed by atoms with Crippen molar-refractivity contribution < 1.29 is 4.79 Å². The van der Waals surface area contributed by atoms with E-state index in [2.05, 4.69) is 17.0 Å². The van der Waals surface area contributed by atoms with Crippen LogP contribution < -0.4 is 4.90 Å². The molecule has 0 radical (unpaired) electrons. The highest BCUT2D eigenvalue weighted by Gasteiger charge is 2.19. The van der Waals surface area contributed by atoms with Gasteiger partial charge >= 0.3 is 0 Å². The number of nitrogens with zero attached hydrogens (tertiary/aromatic N) is 1. The number of allylic oxidation sites excluding steroid dienone is 2. The van der Waals surface area contributed by atoms with E-state index in [0.717, 1.165) is 18.4 Å². The van der Waals surface area contributed by atoms with Gasteiger partial charge in [-0.3, -0.25) is 4.79 Å². The zero-order valence-electron chi connectivity index (χ0n) is 7.53. The molecule has 1 aromatic carbocycles. The van der Waals surface area contributed by atoms with Crippen LogP contribution in [0.5, 0.6) is 0 Å². The van der Waals surface area contributed by atoms with E-state index in [-0.39, 0.29) is 0 Å². The van der Waals surface area contributed by atoms with E-state index in [1.54, 1.807) is 6.08 Å². The SMILES string of the molecule is CN1/C(=C/C=O)Cc2ccccc21. The van der Waals surface area contributed by atoms with Crippen LogP contribution >= 0.6 is 0 Å². The van der Waals surface area contributed by atoms with E-state index >= 15 is 0 Å². The third kappa shape index (κ3) is 1.24. The summed E-state index contributed by atoms with van der Waals surface area (Å²) in [4.78, 5) is 12.4. The van der Waals surface area contributed by atoms with Gasteiger partial charge in [0.25, 0.3) is 0 Å². The van der Waals surface area contributed by atoms with Crippen LogP contribution in [0.25, 0.3) is 0 Å². The van der Waals surface area contributed by atoms with Gasteiger partial charge in [0.1, 0.15) is 6.29 Å². The Morgan fingerprint density at radius 3 is 2.85 bits per heavy atom. The minimum atomic E-state index is 0.845. The highest BCUT2D eigenvalue weighted by molar-refractivity contribution is 5.73. The molecule has 0 fully saturated rings. The number of hydrogen-bond acceptors (Lipinski definition) is 2. The molecular weight excluding hydrogens is 162 g/mol. The van der Waals surface area contributed by atoms with Crippen LogP contribution in [0.15, 0.2) is 36.0 Å². The first-order valence-electron chi connectivity index (χ1n) is 4.29. The Hall–Kier alpha value is -1.57. The summed E-state index contributed by atoms with van der Waals surface area (Å²) >= 11 is 0. The minimum absolute atomic E-state index is 0.845. The average molecular weight is 173 g/mol. The number of aldehydes is 1. The van der Waals surface area contributed by atoms with E-state index in [1.807, 2.05) is 19.2 Å². The molecule has 66 valence electrons. The topological polar surface area (TPSA) is 20.3 Å². The fourth-order valence-electron chi connectivity index (χ4n) is 1.71. The number of likely N-dealkylation sites (N-methyl/N-ethyl adjacent to an activating group) is 1. The Morgan fingerprint density at radius 2 is 2.15 bits per heavy atom. The molecule has 0 aliphatic carbocycles. The van der Waals surface area contributed by atoms with Crippen molar-refractivity contribution in [1.82, 2.24) is 0 Å². The van der Waals surface area contributed by atoms with Gasteiger partial charge in [-0.1, -0.05) is 18.2 Å². The summed E-state index contributed by atoms with van der Waals surface area (Å²) in [7, 11) is 1.99. The number of para-hydroxylation sites is 1. The van der Waals surface area contributed by atoms with Gasteiger partial charge in [-0.15, -0.1) is 0 Å². The van der Waals surface area contributed by atoms with Crippen molar-refractivity contribution in [2.75, 3.05) is 11.9 Å². The standard InChI is InChI=1S/C11H11NO/c1-12-10(6-7-13)8-9-4-2-3-5-11(9)12/h2-7H,8H2,1H3/b10-6+. The highest BCUT2D eigenvalue weighted by Crippen LogP contribution is 2.32. The van der Waals surface area contributed by atoms with Crippen LogP contribution in [0.3, 0.4) is 0 Å². The predicted molar refractivity (Wildman–Crippen MR) is 52.7 cm³/mol. The molecule has 0 saturated heterocycles. The van der Waals surface area contributed by atoms with E-state index in [9.17, 15) is 4.79 Å². The van der Waals surface area contributed by atoms with E-state index in [0.29, 0.717) is 0 Å². The minimum Gasteiger partial charge on any atom is -0.347 e. The number of fused-ring (bicyclic) bond motifs is 1. The Kier molecular flexibility index (Phi) is 1.89. The van der Waals surface area contributed by atoms with Gasteiger partial charge in [0, 0.05) is 24.9 Å². The van der Waals surface area contributed by atoms with Crippen LogP contribution in [0.4, 0.5) is 5.69 Å². The maximum atomic E-state index is 10.4. The summed E-state index contributed by atoms with van der Waals surface area (Å²) < 4.78 is 0. The quantitative estimate of drug-likeness (QED) is 0.476. The molecule has 0 bridgehead atoms. The van der Waals surface area contributed by atoms with E-state index in [1.165, 1.54) is 11.3 Å². The molecule has 0 unspecified atom stereocenters. The van der Waals surface area contributed by atoms with Gasteiger partial charge in [-0.05, 0) is 17.7 Å². The predicted octanol–water partition coefficient (Wildman–Crippen LogP) is 1.76. The van der Waals surface area contributed by atoms with Crippen molar-refractivity contribution in [2.45, 2.75) is 6.42 Å². The van der Waals surface area contributed by atoms with Crippen molar-refractivity contribution >= 4 is 12.0 Å². The van der Waals surface area contributed by atoms with Crippen LogP contribution in [-0.4, -0.2) is 13.3 Å². The first kappa shape index (κ1) is 8.05. The second kappa shape index (κ2) is 3.05. The third-order valence-electron chi connectivity index (χ3n) is 2.42. The van der Waals surface area contributed by atoms with Gasteiger partial charge in [0.05, 0.1) is 0 Å². The molecule has 13 heavy (non-hydrogen) atoms. The second-order valence-corrected chi connectivity index (χ2v) is 3.16. The second-order valence-electron chi connectivity index (χ2n) is 3.16. The van der Waals surface area contributed by atoms with Crippen molar-refractivity contribution in [2.24, 2.45) is 0 Å². The fraction of sp³-hybridized carbons (Fsp3) is 0.182. The number of carbonyl (C=O) groups is 1. The zero-order chi connectivity index (χ0) is 9.26. The van der Waals surface area contributed by atoms with Crippen LogP contribution in [0, 0.1) is 0 Å². The Balaban J connectivity index is 2.43. The first-order chi connectivity index (χ1) is 6.33. The Labute approximate surface area is 77.5 Å². The monoisotopic (exact) mass is 173 g/mol. The van der Waals surface area contributed by atoms with Gasteiger partial charge < -0.3 is 4.90 Å². The van der Waals surface area contributed by atoms with Gasteiger partial charge in [0.2, 0.25) is 0 Å². The first-order valence-corrected chi connectivity index (χ1v) is 4.29. The molecule has 0 atom stereocenters. The number of carbonyl (C=O) groups excluding carboxylic acids is 1. The molecule has 2 nitrogen and oxygen atoms in total. The Morgan fingerprint density at radius 1 is 1.38 bits per heavy atom. The lowest BCUT2D eigenvalue weighted by molar-refractivity contribution is -0.104. The van der Waals surface area contributed by atoms with Crippen molar-refractivity contribution in [3.05, 3.63) is 41.6 Å². The molecule has 1 aliphatic rings. The molecule has 1 aliphatic heterocycles. The largest absolute Gasteiger partial charge is 0.347 e. The molecule has 0 N–H and O–H groups in total. The van der Waals surface area contributed by atoms with Crippen molar-refractivity contribution in [3.8, 4) is 0 Å². The molecule has 0 saturated carbocycles. The summed E-state index contributed by atoms with van der Waals surface area (Å²) in [5.74, 6) is 0. The summed E-state index contributed by atoms with van der Waals surface area (Å²) in [6.45, 7) is 0. The van der Waals surface area contributed by atoms with E-state index in [4.69, 9.17) is 0 Å². The molecular formula is C11H11NO. The molecule has 0 spiro atoms. The molecule has 2 heteroatoms. The molecule has 0 aromatic heterocycles. The smallest absolute Gasteiger partial charge is 0.144 e. The normalized spacial score (nSPS) is 17.6. The summed E-state index contributed by atoms with van der Waals surface area (Å²) in [5.41, 5.74) is 3.56. The molecule has 0 amide bonds. The highest BCUT2D eigenvalue weighted by atomic mass is 16.1. The summed E-state index contributed by atoms with van der Waals surface area (Å²) in [6.07, 6.45) is 3.34. The van der Waals surface area contributed by atoms with Crippen LogP contribution in [0.1, 0.15) is 5.56 Å². The van der Waals surface area contributed by atoms with Crippen LogP contribution in [-0.2, 0) is 11.2 Å². The van der Waals surface area contributed by atoms with Gasteiger partial charge in [0.15, 0.2) is 0 Å². The zero-order valence-corrected chi connectivity index (χ0v) is 7.53. The van der Waals surface area contributed by atoms with Gasteiger partial charge in [-0.2, -0.15) is 0 Å². The molecule has 2 rings (SSSR count). The summed E-state index contributed by atoms with van der Waals surface area (Å²) in [6, 6.07) is 8.20. The average Bonchev–Trinajstić information content (AvgIpc) is 2.46. The lowest BCUT2D eigenvalue weighted by Gasteiger charge is -2.13. The van der Waals surface area contributed by atoms with Crippen molar-refractivity contribution in [1.29, 1.82) is 0 Å². The maximum absolute atomic E-state index is 10.4. The number of rotatable bonds is 1.